The van der Waals surface area contributed by atoms with Gasteiger partial charge in [0, 0.05) is 35.4 Å². The van der Waals surface area contributed by atoms with Gasteiger partial charge in [-0.3, -0.25) is 13.9 Å². The summed E-state index contributed by atoms with van der Waals surface area (Å²) < 4.78 is 48.2. The summed E-state index contributed by atoms with van der Waals surface area (Å²) in [6.07, 6.45) is -1.48. The molecule has 8 heteroatoms. The molecule has 0 unspecified atom stereocenters. The van der Waals surface area contributed by atoms with Crippen molar-refractivity contribution in [1.82, 2.24) is 10.2 Å². The van der Waals surface area contributed by atoms with Crippen LogP contribution in [0.2, 0.25) is 0 Å². The van der Waals surface area contributed by atoms with Gasteiger partial charge in [0.15, 0.2) is 0 Å². The Morgan fingerprint density at radius 2 is 2.15 bits per heavy atom. The van der Waals surface area contributed by atoms with Gasteiger partial charge in [0.05, 0.1) is 12.5 Å². The van der Waals surface area contributed by atoms with Crippen molar-refractivity contribution in [2.45, 2.75) is 31.2 Å². The normalized spacial score (nSPS) is 24.1. The number of likely N-dealkylation sites (tertiary alicyclic amines) is 1. The number of amides is 1. The number of piperidine rings is 1. The zero-order valence-corrected chi connectivity index (χ0v) is 12.5. The van der Waals surface area contributed by atoms with Crippen molar-refractivity contribution in [2.75, 3.05) is 32.4 Å². The van der Waals surface area contributed by atoms with Gasteiger partial charge in [-0.25, -0.2) is 0 Å². The van der Waals surface area contributed by atoms with Crippen LogP contribution in [0.4, 0.5) is 13.2 Å². The van der Waals surface area contributed by atoms with Crippen LogP contribution in [0, 0.1) is 5.92 Å². The molecule has 0 aromatic rings. The summed E-state index contributed by atoms with van der Waals surface area (Å²) >= 11 is 0. The molecule has 0 aliphatic carbocycles. The summed E-state index contributed by atoms with van der Waals surface area (Å²) in [6, 6.07) is 0. The van der Waals surface area contributed by atoms with Crippen molar-refractivity contribution in [3.63, 3.8) is 0 Å². The van der Waals surface area contributed by atoms with Gasteiger partial charge < -0.3 is 5.32 Å². The molecule has 1 aliphatic rings. The molecule has 0 radical (unpaired) electrons. The highest BCUT2D eigenvalue weighted by Gasteiger charge is 2.34. The molecule has 1 amide bonds. The SMILES string of the molecule is C[C@H](CNC(=O)[C@@H]1CCCN(CC(F)(F)F)C1)[S@](C)=O. The van der Waals surface area contributed by atoms with E-state index < -0.39 is 29.4 Å². The molecule has 1 rings (SSSR count). The number of nitrogens with zero attached hydrogens (tertiary/aromatic N) is 1. The van der Waals surface area contributed by atoms with Crippen LogP contribution in [-0.2, 0) is 15.6 Å². The van der Waals surface area contributed by atoms with E-state index in [9.17, 15) is 22.2 Å². The molecule has 3 atom stereocenters. The lowest BCUT2D eigenvalue weighted by molar-refractivity contribution is -0.152. The third kappa shape index (κ3) is 6.21. The van der Waals surface area contributed by atoms with E-state index in [1.54, 1.807) is 13.2 Å². The second-order valence-corrected chi connectivity index (χ2v) is 7.05. The van der Waals surface area contributed by atoms with Gasteiger partial charge in [-0.1, -0.05) is 0 Å². The average molecular weight is 314 g/mol. The maximum Gasteiger partial charge on any atom is 0.401 e. The number of hydrogen-bond acceptors (Lipinski definition) is 3. The fraction of sp³-hybridized carbons (Fsp3) is 0.917. The second kappa shape index (κ2) is 7.40. The molecule has 0 bridgehead atoms. The Kier molecular flexibility index (Phi) is 6.44. The van der Waals surface area contributed by atoms with Crippen molar-refractivity contribution >= 4 is 16.7 Å². The first kappa shape index (κ1) is 17.4. The topological polar surface area (TPSA) is 49.4 Å². The maximum atomic E-state index is 12.3. The van der Waals surface area contributed by atoms with Crippen molar-refractivity contribution in [3.05, 3.63) is 0 Å². The summed E-state index contributed by atoms with van der Waals surface area (Å²) in [4.78, 5) is 13.2. The Balaban J connectivity index is 2.42. The number of hydrogen-bond donors (Lipinski definition) is 1. The van der Waals surface area contributed by atoms with Crippen molar-refractivity contribution in [1.29, 1.82) is 0 Å². The number of rotatable bonds is 5. The minimum Gasteiger partial charge on any atom is -0.355 e. The Bertz CT molecular complexity index is 363. The van der Waals surface area contributed by atoms with Gasteiger partial charge in [0.1, 0.15) is 0 Å². The van der Waals surface area contributed by atoms with E-state index in [-0.39, 0.29) is 24.2 Å². The van der Waals surface area contributed by atoms with Gasteiger partial charge in [-0.15, -0.1) is 0 Å². The van der Waals surface area contributed by atoms with Gasteiger partial charge in [-0.2, -0.15) is 13.2 Å². The molecule has 1 heterocycles. The van der Waals surface area contributed by atoms with E-state index in [1.807, 2.05) is 0 Å². The lowest BCUT2D eigenvalue weighted by atomic mass is 9.97. The summed E-state index contributed by atoms with van der Waals surface area (Å²) in [5.41, 5.74) is 0. The average Bonchev–Trinajstić information content (AvgIpc) is 2.33. The standard InChI is InChI=1S/C12H21F3N2O2S/c1-9(20(2)19)6-16-11(18)10-4-3-5-17(7-10)8-12(13,14)15/h9-10H,3-8H2,1-2H3,(H,16,18)/t9-,10-,20+/m1/s1. The highest BCUT2D eigenvalue weighted by atomic mass is 32.2. The quantitative estimate of drug-likeness (QED) is 0.828. The predicted octanol–water partition coefficient (Wildman–Crippen LogP) is 1.14. The largest absolute Gasteiger partial charge is 0.401 e. The Morgan fingerprint density at radius 1 is 1.50 bits per heavy atom. The van der Waals surface area contributed by atoms with Gasteiger partial charge in [0.25, 0.3) is 0 Å². The van der Waals surface area contributed by atoms with E-state index in [0.717, 1.165) is 0 Å². The Morgan fingerprint density at radius 3 is 2.70 bits per heavy atom. The highest BCUT2D eigenvalue weighted by Crippen LogP contribution is 2.22. The number of carbonyl (C=O) groups is 1. The minimum absolute atomic E-state index is 0.134. The molecule has 118 valence electrons. The van der Waals surface area contributed by atoms with Crippen LogP contribution in [-0.4, -0.2) is 58.9 Å². The molecular weight excluding hydrogens is 293 g/mol. The third-order valence-corrected chi connectivity index (χ3v) is 4.71. The van der Waals surface area contributed by atoms with Crippen LogP contribution in [0.1, 0.15) is 19.8 Å². The lowest BCUT2D eigenvalue weighted by Gasteiger charge is -2.32. The summed E-state index contributed by atoms with van der Waals surface area (Å²) in [5.74, 6) is -0.655. The van der Waals surface area contributed by atoms with Crippen LogP contribution in [0.5, 0.6) is 0 Å². The summed E-state index contributed by atoms with van der Waals surface area (Å²) in [6.45, 7) is 1.59. The predicted molar refractivity (Wildman–Crippen MR) is 71.8 cm³/mol. The van der Waals surface area contributed by atoms with Crippen LogP contribution in [0.25, 0.3) is 0 Å². The molecule has 0 spiro atoms. The first-order valence-corrected chi connectivity index (χ1v) is 8.20. The zero-order chi connectivity index (χ0) is 15.3. The smallest absolute Gasteiger partial charge is 0.355 e. The first-order chi connectivity index (χ1) is 9.19. The van der Waals surface area contributed by atoms with Gasteiger partial charge in [-0.05, 0) is 26.3 Å². The lowest BCUT2D eigenvalue weighted by Crippen LogP contribution is -2.47. The molecule has 20 heavy (non-hydrogen) atoms. The van der Waals surface area contributed by atoms with Crippen LogP contribution in [0.3, 0.4) is 0 Å². The molecule has 0 aromatic heterocycles. The van der Waals surface area contributed by atoms with E-state index in [0.29, 0.717) is 19.4 Å². The second-order valence-electron chi connectivity index (χ2n) is 5.24. The summed E-state index contributed by atoms with van der Waals surface area (Å²) in [5, 5.41) is 2.52. The number of halogens is 3. The Labute approximate surface area is 119 Å². The van der Waals surface area contributed by atoms with E-state index >= 15 is 0 Å². The Hall–Kier alpha value is -0.630. The van der Waals surface area contributed by atoms with Crippen LogP contribution < -0.4 is 5.32 Å². The molecule has 1 aliphatic heterocycles. The van der Waals surface area contributed by atoms with Crippen molar-refractivity contribution in [3.8, 4) is 0 Å². The monoisotopic (exact) mass is 314 g/mol. The fourth-order valence-corrected chi connectivity index (χ4v) is 2.49. The summed E-state index contributed by atoms with van der Waals surface area (Å²) in [7, 11) is -1.03. The maximum absolute atomic E-state index is 12.3. The van der Waals surface area contributed by atoms with Crippen LogP contribution >= 0.6 is 0 Å². The molecule has 0 saturated carbocycles. The molecule has 1 fully saturated rings. The van der Waals surface area contributed by atoms with Crippen LogP contribution in [0.15, 0.2) is 0 Å². The van der Waals surface area contributed by atoms with E-state index in [2.05, 4.69) is 5.32 Å². The van der Waals surface area contributed by atoms with E-state index in [1.165, 1.54) is 4.90 Å². The van der Waals surface area contributed by atoms with Gasteiger partial charge in [0.2, 0.25) is 5.91 Å². The molecular formula is C12H21F3N2O2S. The van der Waals surface area contributed by atoms with Crippen molar-refractivity contribution in [2.24, 2.45) is 5.92 Å². The minimum atomic E-state index is -4.23. The molecule has 1 N–H and O–H groups in total. The first-order valence-electron chi connectivity index (χ1n) is 6.58. The zero-order valence-electron chi connectivity index (χ0n) is 11.7. The molecule has 4 nitrogen and oxygen atoms in total. The third-order valence-electron chi connectivity index (χ3n) is 3.41. The van der Waals surface area contributed by atoms with E-state index in [4.69, 9.17) is 0 Å². The molecule has 0 aromatic carbocycles. The number of carbonyl (C=O) groups excluding carboxylic acids is 1. The van der Waals surface area contributed by atoms with Gasteiger partial charge >= 0.3 is 6.18 Å². The highest BCUT2D eigenvalue weighted by molar-refractivity contribution is 7.84. The number of nitrogens with one attached hydrogen (secondary N) is 1. The molecule has 1 saturated heterocycles. The fourth-order valence-electron chi connectivity index (χ4n) is 2.17. The van der Waals surface area contributed by atoms with Crippen molar-refractivity contribution < 1.29 is 22.2 Å². The number of alkyl halides is 3.